The largest absolute Gasteiger partial charge is 0.352 e. The Balaban J connectivity index is 1.62. The molecule has 0 spiro atoms. The zero-order chi connectivity index (χ0) is 15.1. The standard InChI is InChI=1S/C17H25IN2O/c1-14-7-2-4-11-20(14)12-5-3-10-19-17(21)15-8-6-9-16(18)13-15/h6,8-9,13-14H,2-5,7,10-12H2,1H3,(H,19,21). The zero-order valence-electron chi connectivity index (χ0n) is 12.8. The lowest BCUT2D eigenvalue weighted by Crippen LogP contribution is -2.38. The molecule has 1 amide bonds. The molecule has 1 aromatic carbocycles. The van der Waals surface area contributed by atoms with Gasteiger partial charge in [-0.2, -0.15) is 0 Å². The number of unbranched alkanes of at least 4 members (excludes halogenated alkanes) is 1. The van der Waals surface area contributed by atoms with Crippen molar-refractivity contribution in [2.45, 2.75) is 45.1 Å². The first-order valence-electron chi connectivity index (χ1n) is 7.94. The van der Waals surface area contributed by atoms with Crippen LogP contribution >= 0.6 is 22.6 Å². The molecule has 1 N–H and O–H groups in total. The van der Waals surface area contributed by atoms with Crippen molar-refractivity contribution < 1.29 is 4.79 Å². The van der Waals surface area contributed by atoms with Gasteiger partial charge >= 0.3 is 0 Å². The predicted octanol–water partition coefficient (Wildman–Crippen LogP) is 3.68. The Labute approximate surface area is 141 Å². The van der Waals surface area contributed by atoms with Gasteiger partial charge in [0.05, 0.1) is 0 Å². The number of piperidine rings is 1. The van der Waals surface area contributed by atoms with Crippen molar-refractivity contribution in [3.63, 3.8) is 0 Å². The molecule has 1 aliphatic rings. The topological polar surface area (TPSA) is 32.3 Å². The minimum atomic E-state index is 0.0415. The highest BCUT2D eigenvalue weighted by Crippen LogP contribution is 2.16. The van der Waals surface area contributed by atoms with Gasteiger partial charge in [0.25, 0.3) is 5.91 Å². The zero-order valence-corrected chi connectivity index (χ0v) is 14.9. The van der Waals surface area contributed by atoms with E-state index in [1.54, 1.807) is 0 Å². The summed E-state index contributed by atoms with van der Waals surface area (Å²) in [7, 11) is 0. The fourth-order valence-corrected chi connectivity index (χ4v) is 3.41. The molecule has 116 valence electrons. The number of likely N-dealkylation sites (tertiary alicyclic amines) is 1. The number of carbonyl (C=O) groups excluding carboxylic acids is 1. The summed E-state index contributed by atoms with van der Waals surface area (Å²) in [4.78, 5) is 14.6. The van der Waals surface area contributed by atoms with Crippen molar-refractivity contribution in [2.24, 2.45) is 0 Å². The molecule has 4 heteroatoms. The number of halogens is 1. The summed E-state index contributed by atoms with van der Waals surface area (Å²) in [5.74, 6) is 0.0415. The molecule has 2 rings (SSSR count). The fourth-order valence-electron chi connectivity index (χ4n) is 2.86. The molecular weight excluding hydrogens is 375 g/mol. The molecule has 3 nitrogen and oxygen atoms in total. The van der Waals surface area contributed by atoms with Crippen LogP contribution in [0.4, 0.5) is 0 Å². The van der Waals surface area contributed by atoms with Crippen molar-refractivity contribution in [2.75, 3.05) is 19.6 Å². The van der Waals surface area contributed by atoms with Crippen LogP contribution in [0.15, 0.2) is 24.3 Å². The smallest absolute Gasteiger partial charge is 0.251 e. The van der Waals surface area contributed by atoms with Crippen LogP contribution in [-0.4, -0.2) is 36.5 Å². The molecule has 0 aliphatic carbocycles. The van der Waals surface area contributed by atoms with Gasteiger partial charge in [0.2, 0.25) is 0 Å². The van der Waals surface area contributed by atoms with Gasteiger partial charge in [-0.15, -0.1) is 0 Å². The molecule has 1 saturated heterocycles. The van der Waals surface area contributed by atoms with E-state index >= 15 is 0 Å². The van der Waals surface area contributed by atoms with Gasteiger partial charge < -0.3 is 10.2 Å². The van der Waals surface area contributed by atoms with Gasteiger partial charge in [-0.1, -0.05) is 12.5 Å². The van der Waals surface area contributed by atoms with Gasteiger partial charge in [0.15, 0.2) is 0 Å². The number of nitrogens with one attached hydrogen (secondary N) is 1. The Morgan fingerprint density at radius 3 is 3.00 bits per heavy atom. The second-order valence-corrected chi connectivity index (χ2v) is 7.10. The molecular formula is C17H25IN2O. The first-order chi connectivity index (χ1) is 10.2. The van der Waals surface area contributed by atoms with Gasteiger partial charge in [-0.05, 0) is 86.5 Å². The lowest BCUT2D eigenvalue weighted by molar-refractivity contribution is 0.0951. The van der Waals surface area contributed by atoms with E-state index in [-0.39, 0.29) is 5.91 Å². The van der Waals surface area contributed by atoms with Crippen LogP contribution in [0.25, 0.3) is 0 Å². The molecule has 0 radical (unpaired) electrons. The number of amides is 1. The van der Waals surface area contributed by atoms with E-state index in [2.05, 4.69) is 39.7 Å². The predicted molar refractivity (Wildman–Crippen MR) is 95.6 cm³/mol. The third-order valence-corrected chi connectivity index (χ3v) is 4.86. The van der Waals surface area contributed by atoms with E-state index in [0.29, 0.717) is 0 Å². The molecule has 1 heterocycles. The Kier molecular flexibility index (Phi) is 6.96. The van der Waals surface area contributed by atoms with Gasteiger partial charge in [0, 0.05) is 21.7 Å². The summed E-state index contributed by atoms with van der Waals surface area (Å²) in [6.45, 7) is 5.51. The fraction of sp³-hybridized carbons (Fsp3) is 0.588. The quantitative estimate of drug-likeness (QED) is 0.584. The van der Waals surface area contributed by atoms with E-state index < -0.39 is 0 Å². The third kappa shape index (κ3) is 5.58. The lowest BCUT2D eigenvalue weighted by atomic mass is 10.0. The molecule has 0 saturated carbocycles. The normalized spacial score (nSPS) is 19.4. The number of rotatable bonds is 6. The molecule has 0 bridgehead atoms. The van der Waals surface area contributed by atoms with Crippen LogP contribution in [0.5, 0.6) is 0 Å². The summed E-state index contributed by atoms with van der Waals surface area (Å²) in [5, 5.41) is 3.01. The van der Waals surface area contributed by atoms with Crippen LogP contribution in [0.1, 0.15) is 49.4 Å². The van der Waals surface area contributed by atoms with E-state index in [0.717, 1.165) is 34.6 Å². The number of carbonyl (C=O) groups is 1. The Hall–Kier alpha value is -0.620. The average molecular weight is 400 g/mol. The Morgan fingerprint density at radius 2 is 2.24 bits per heavy atom. The molecule has 1 fully saturated rings. The molecule has 1 aromatic rings. The van der Waals surface area contributed by atoms with Crippen LogP contribution in [0.2, 0.25) is 0 Å². The second-order valence-electron chi connectivity index (χ2n) is 5.85. The maximum Gasteiger partial charge on any atom is 0.251 e. The van der Waals surface area contributed by atoms with Crippen LogP contribution in [0.3, 0.4) is 0 Å². The van der Waals surface area contributed by atoms with Crippen molar-refractivity contribution in [3.05, 3.63) is 33.4 Å². The number of hydrogen-bond acceptors (Lipinski definition) is 2. The summed E-state index contributed by atoms with van der Waals surface area (Å²) < 4.78 is 1.10. The number of benzene rings is 1. The first kappa shape index (κ1) is 16.7. The highest BCUT2D eigenvalue weighted by Gasteiger charge is 2.17. The molecule has 1 aliphatic heterocycles. The van der Waals surface area contributed by atoms with Gasteiger partial charge in [-0.25, -0.2) is 0 Å². The van der Waals surface area contributed by atoms with Crippen LogP contribution < -0.4 is 5.32 Å². The summed E-state index contributed by atoms with van der Waals surface area (Å²) in [6, 6.07) is 8.45. The van der Waals surface area contributed by atoms with E-state index in [1.807, 2.05) is 24.3 Å². The third-order valence-electron chi connectivity index (χ3n) is 4.19. The monoisotopic (exact) mass is 400 g/mol. The minimum Gasteiger partial charge on any atom is -0.352 e. The summed E-state index contributed by atoms with van der Waals surface area (Å²) in [5.41, 5.74) is 0.756. The summed E-state index contributed by atoms with van der Waals surface area (Å²) in [6.07, 6.45) is 6.27. The van der Waals surface area contributed by atoms with Crippen molar-refractivity contribution in [3.8, 4) is 0 Å². The Morgan fingerprint density at radius 1 is 1.38 bits per heavy atom. The first-order valence-corrected chi connectivity index (χ1v) is 9.02. The van der Waals surface area contributed by atoms with Crippen LogP contribution in [0, 0.1) is 3.57 Å². The number of hydrogen-bond donors (Lipinski definition) is 1. The lowest BCUT2D eigenvalue weighted by Gasteiger charge is -2.33. The molecule has 1 unspecified atom stereocenters. The number of nitrogens with zero attached hydrogens (tertiary/aromatic N) is 1. The summed E-state index contributed by atoms with van der Waals surface area (Å²) >= 11 is 2.23. The highest BCUT2D eigenvalue weighted by atomic mass is 127. The van der Waals surface area contributed by atoms with Crippen molar-refractivity contribution in [1.29, 1.82) is 0 Å². The van der Waals surface area contributed by atoms with Crippen molar-refractivity contribution in [1.82, 2.24) is 10.2 Å². The molecule has 21 heavy (non-hydrogen) atoms. The minimum absolute atomic E-state index is 0.0415. The average Bonchev–Trinajstić information content (AvgIpc) is 2.48. The van der Waals surface area contributed by atoms with Gasteiger partial charge in [0.1, 0.15) is 0 Å². The maximum absolute atomic E-state index is 12.0. The second kappa shape index (κ2) is 8.73. The van der Waals surface area contributed by atoms with E-state index in [1.165, 1.54) is 32.4 Å². The van der Waals surface area contributed by atoms with Crippen LogP contribution in [-0.2, 0) is 0 Å². The maximum atomic E-state index is 12.0. The molecule has 1 atom stereocenters. The van der Waals surface area contributed by atoms with E-state index in [9.17, 15) is 4.79 Å². The highest BCUT2D eigenvalue weighted by molar-refractivity contribution is 14.1. The van der Waals surface area contributed by atoms with E-state index in [4.69, 9.17) is 0 Å². The SMILES string of the molecule is CC1CCCCN1CCCCNC(=O)c1cccc(I)c1. The van der Waals surface area contributed by atoms with Gasteiger partial charge in [-0.3, -0.25) is 4.79 Å². The molecule has 0 aromatic heterocycles. The van der Waals surface area contributed by atoms with Crippen molar-refractivity contribution >= 4 is 28.5 Å². The Bertz CT molecular complexity index is 464.